The van der Waals surface area contributed by atoms with E-state index in [1.807, 2.05) is 48.5 Å². The molecule has 0 bridgehead atoms. The van der Waals surface area contributed by atoms with Gasteiger partial charge in [-0.15, -0.1) is 21.5 Å². The van der Waals surface area contributed by atoms with Gasteiger partial charge in [-0.1, -0.05) is 60.7 Å². The minimum atomic E-state index is -0.570. The number of carbonyl (C=O) groups excluding carboxylic acids is 1. The van der Waals surface area contributed by atoms with E-state index in [4.69, 9.17) is 5.73 Å². The Hall–Kier alpha value is -3.39. The third-order valence-corrected chi connectivity index (χ3v) is 5.05. The second-order valence-electron chi connectivity index (χ2n) is 5.87. The van der Waals surface area contributed by atoms with Gasteiger partial charge in [0.25, 0.3) is 5.91 Å². The van der Waals surface area contributed by atoms with Crippen LogP contribution in [0.5, 0.6) is 0 Å². The molecular formula is C19H16N6OS. The van der Waals surface area contributed by atoms with Crippen molar-refractivity contribution in [3.8, 4) is 22.0 Å². The van der Waals surface area contributed by atoms with Crippen LogP contribution < -0.4 is 5.73 Å². The molecule has 0 spiro atoms. The molecule has 0 radical (unpaired) electrons. The van der Waals surface area contributed by atoms with Crippen LogP contribution in [0.15, 0.2) is 60.7 Å². The van der Waals surface area contributed by atoms with Gasteiger partial charge in [0.1, 0.15) is 4.88 Å². The lowest BCUT2D eigenvalue weighted by Gasteiger charge is -2.00. The molecule has 2 N–H and O–H groups in total. The summed E-state index contributed by atoms with van der Waals surface area (Å²) >= 11 is 1.18. The van der Waals surface area contributed by atoms with Crippen LogP contribution in [-0.2, 0) is 13.0 Å². The maximum Gasteiger partial charge on any atom is 0.277 e. The maximum absolute atomic E-state index is 11.6. The number of nitrogens with zero attached hydrogens (tertiary/aromatic N) is 5. The van der Waals surface area contributed by atoms with E-state index in [1.165, 1.54) is 16.9 Å². The Morgan fingerprint density at radius 2 is 1.74 bits per heavy atom. The average molecular weight is 376 g/mol. The van der Waals surface area contributed by atoms with Crippen molar-refractivity contribution in [1.29, 1.82) is 0 Å². The number of rotatable bonds is 6. The zero-order valence-corrected chi connectivity index (χ0v) is 15.1. The minimum absolute atomic E-state index is 0.226. The van der Waals surface area contributed by atoms with Crippen LogP contribution in [0.2, 0.25) is 0 Å². The van der Waals surface area contributed by atoms with Crippen LogP contribution in [0.25, 0.3) is 22.0 Å². The van der Waals surface area contributed by atoms with E-state index in [0.29, 0.717) is 22.9 Å². The highest BCUT2D eigenvalue weighted by Crippen LogP contribution is 2.34. The zero-order chi connectivity index (χ0) is 18.6. The second-order valence-corrected chi connectivity index (χ2v) is 6.87. The van der Waals surface area contributed by atoms with Gasteiger partial charge < -0.3 is 5.73 Å². The Morgan fingerprint density at radius 1 is 1.04 bits per heavy atom. The molecule has 0 fully saturated rings. The van der Waals surface area contributed by atoms with Gasteiger partial charge in [-0.25, -0.2) is 4.98 Å². The first-order chi connectivity index (χ1) is 13.2. The topological polar surface area (TPSA) is 99.6 Å². The fourth-order valence-electron chi connectivity index (χ4n) is 2.67. The van der Waals surface area contributed by atoms with Gasteiger partial charge in [-0.2, -0.15) is 4.80 Å². The summed E-state index contributed by atoms with van der Waals surface area (Å²) in [5.74, 6) is -0.133. The van der Waals surface area contributed by atoms with Crippen LogP contribution in [0.1, 0.15) is 15.4 Å². The van der Waals surface area contributed by atoms with Crippen LogP contribution in [0.3, 0.4) is 0 Å². The van der Waals surface area contributed by atoms with Crippen molar-refractivity contribution in [2.75, 3.05) is 0 Å². The van der Waals surface area contributed by atoms with Crippen LogP contribution in [0.4, 0.5) is 0 Å². The Bertz CT molecular complexity index is 1060. The molecule has 2 aromatic heterocycles. The van der Waals surface area contributed by atoms with Crippen molar-refractivity contribution in [3.05, 3.63) is 71.2 Å². The molecule has 0 aliphatic rings. The maximum atomic E-state index is 11.6. The summed E-state index contributed by atoms with van der Waals surface area (Å²) in [5, 5.41) is 13.0. The molecular weight excluding hydrogens is 360 g/mol. The lowest BCUT2D eigenvalue weighted by atomic mass is 10.1. The molecule has 0 aliphatic carbocycles. The van der Waals surface area contributed by atoms with Crippen molar-refractivity contribution < 1.29 is 4.79 Å². The van der Waals surface area contributed by atoms with E-state index in [-0.39, 0.29) is 5.01 Å². The lowest BCUT2D eigenvalue weighted by Crippen LogP contribution is -2.10. The quantitative estimate of drug-likeness (QED) is 0.558. The third kappa shape index (κ3) is 3.75. The Morgan fingerprint density at radius 3 is 2.44 bits per heavy atom. The largest absolute Gasteiger partial charge is 0.364 e. The summed E-state index contributed by atoms with van der Waals surface area (Å²) in [6.45, 7) is 0.610. The molecule has 0 unspecified atom stereocenters. The van der Waals surface area contributed by atoms with Crippen LogP contribution in [-0.4, -0.2) is 31.1 Å². The monoisotopic (exact) mass is 376 g/mol. The van der Waals surface area contributed by atoms with Crippen molar-refractivity contribution in [2.45, 2.75) is 13.0 Å². The molecule has 4 aromatic rings. The number of nitrogens with two attached hydrogens (primary N) is 1. The minimum Gasteiger partial charge on any atom is -0.364 e. The number of aromatic nitrogens is 5. The summed E-state index contributed by atoms with van der Waals surface area (Å²) < 4.78 is 0. The van der Waals surface area contributed by atoms with Crippen molar-refractivity contribution in [1.82, 2.24) is 25.2 Å². The van der Waals surface area contributed by atoms with Crippen molar-refractivity contribution >= 4 is 17.2 Å². The van der Waals surface area contributed by atoms with E-state index >= 15 is 0 Å². The molecule has 0 aliphatic heterocycles. The van der Waals surface area contributed by atoms with Gasteiger partial charge in [-0.05, 0) is 17.2 Å². The molecule has 2 heterocycles. The first kappa shape index (κ1) is 17.0. The summed E-state index contributed by atoms with van der Waals surface area (Å²) in [4.78, 5) is 18.2. The molecule has 7 nitrogen and oxygen atoms in total. The number of hydrogen-bond acceptors (Lipinski definition) is 6. The predicted molar refractivity (Wildman–Crippen MR) is 103 cm³/mol. The molecule has 4 rings (SSSR count). The number of amides is 1. The van der Waals surface area contributed by atoms with Gasteiger partial charge in [0.05, 0.1) is 12.2 Å². The summed E-state index contributed by atoms with van der Waals surface area (Å²) in [5.41, 5.74) is 8.13. The highest BCUT2D eigenvalue weighted by atomic mass is 32.1. The second kappa shape index (κ2) is 7.46. The number of carbonyl (C=O) groups is 1. The Labute approximate surface area is 159 Å². The van der Waals surface area contributed by atoms with Gasteiger partial charge in [0.15, 0.2) is 5.01 Å². The molecule has 27 heavy (non-hydrogen) atoms. The number of thiazole rings is 1. The first-order valence-electron chi connectivity index (χ1n) is 8.39. The molecule has 1 amide bonds. The van der Waals surface area contributed by atoms with Crippen LogP contribution in [0, 0.1) is 0 Å². The smallest absolute Gasteiger partial charge is 0.277 e. The van der Waals surface area contributed by atoms with Crippen molar-refractivity contribution in [2.24, 2.45) is 5.73 Å². The summed E-state index contributed by atoms with van der Waals surface area (Å²) in [6, 6.07) is 19.7. The highest BCUT2D eigenvalue weighted by molar-refractivity contribution is 7.17. The highest BCUT2D eigenvalue weighted by Gasteiger charge is 2.21. The van der Waals surface area contributed by atoms with Crippen molar-refractivity contribution in [3.63, 3.8) is 0 Å². The van der Waals surface area contributed by atoms with Gasteiger partial charge in [0.2, 0.25) is 5.82 Å². The molecule has 0 saturated heterocycles. The number of benzene rings is 2. The first-order valence-corrected chi connectivity index (χ1v) is 9.20. The third-order valence-electron chi connectivity index (χ3n) is 3.98. The van der Waals surface area contributed by atoms with Gasteiger partial charge in [0, 0.05) is 5.56 Å². The molecule has 134 valence electrons. The van der Waals surface area contributed by atoms with Crippen LogP contribution >= 0.6 is 11.3 Å². The number of hydrogen-bond donors (Lipinski definition) is 1. The molecule has 0 saturated carbocycles. The lowest BCUT2D eigenvalue weighted by molar-refractivity contribution is 0.1000. The van der Waals surface area contributed by atoms with Gasteiger partial charge in [-0.3, -0.25) is 4.79 Å². The Balaban J connectivity index is 1.63. The molecule has 2 aromatic carbocycles. The number of aryl methyl sites for hydroxylation is 2. The van der Waals surface area contributed by atoms with E-state index in [2.05, 4.69) is 32.5 Å². The zero-order valence-electron chi connectivity index (χ0n) is 14.3. The normalized spacial score (nSPS) is 10.8. The average Bonchev–Trinajstić information content (AvgIpc) is 3.35. The van der Waals surface area contributed by atoms with E-state index in [9.17, 15) is 4.79 Å². The van der Waals surface area contributed by atoms with E-state index in [0.717, 1.165) is 12.0 Å². The fourth-order valence-corrected chi connectivity index (χ4v) is 3.54. The van der Waals surface area contributed by atoms with E-state index < -0.39 is 5.91 Å². The van der Waals surface area contributed by atoms with E-state index in [1.54, 1.807) is 4.80 Å². The Kier molecular flexibility index (Phi) is 4.71. The molecule has 8 heteroatoms. The standard InChI is InChI=1S/C19H16N6OS/c20-17(26)19-21-15(14-9-5-2-6-10-14)16(27-19)18-22-24-25(23-18)12-11-13-7-3-1-4-8-13/h1-10H,11-12H2,(H2,20,26). The number of tetrazole rings is 1. The number of primary amides is 1. The van der Waals surface area contributed by atoms with Gasteiger partial charge >= 0.3 is 0 Å². The summed E-state index contributed by atoms with van der Waals surface area (Å²) in [7, 11) is 0. The predicted octanol–water partition coefficient (Wildman–Crippen LogP) is 2.81. The molecule has 0 atom stereocenters. The SMILES string of the molecule is NC(=O)c1nc(-c2ccccc2)c(-c2nnn(CCc3ccccc3)n2)s1. The fraction of sp³-hybridized carbons (Fsp3) is 0.105. The summed E-state index contributed by atoms with van der Waals surface area (Å²) in [6.07, 6.45) is 0.803.